The van der Waals surface area contributed by atoms with Gasteiger partial charge in [-0.15, -0.1) is 0 Å². The lowest BCUT2D eigenvalue weighted by atomic mass is 10.0. The standard InChI is InChI=1S/C46H82NO8P/c1-6-8-10-12-14-16-18-20-21-22-23-24-25-27-29-31-33-35-37-39-46(49)55-44(43-54-56(50,51)53-41-40-47(3,4)5)42-52-45(48)38-36-34-32-30-28-26-19-17-15-13-11-9-7-2/h14,16,20-21,23-24,27,29,33,35,44H,6-13,15,17-19,22,25-26,28,30-32,34,36-43H2,1-5H3/p+1/b16-14-,21-20-,24-23-,29-27-,35-33-/t44-/m1/s1. The predicted octanol–water partition coefficient (Wildman–Crippen LogP) is 12.5. The van der Waals surface area contributed by atoms with E-state index in [0.717, 1.165) is 44.9 Å². The highest BCUT2D eigenvalue weighted by molar-refractivity contribution is 7.47. The number of unbranched alkanes of at least 4 members (excludes halogenated alkanes) is 15. The van der Waals surface area contributed by atoms with E-state index in [1.807, 2.05) is 33.3 Å². The highest BCUT2D eigenvalue weighted by Crippen LogP contribution is 2.43. The highest BCUT2D eigenvalue weighted by Gasteiger charge is 2.27. The van der Waals surface area contributed by atoms with Gasteiger partial charge < -0.3 is 18.9 Å². The van der Waals surface area contributed by atoms with E-state index >= 15 is 0 Å². The fourth-order valence-electron chi connectivity index (χ4n) is 5.58. The normalized spacial score (nSPS) is 14.2. The van der Waals surface area contributed by atoms with Crippen molar-refractivity contribution in [1.29, 1.82) is 0 Å². The minimum Gasteiger partial charge on any atom is -0.462 e. The molecule has 0 aromatic heterocycles. The highest BCUT2D eigenvalue weighted by atomic mass is 31.2. The average molecular weight is 809 g/mol. The van der Waals surface area contributed by atoms with Crippen LogP contribution in [-0.4, -0.2) is 74.9 Å². The van der Waals surface area contributed by atoms with Crippen LogP contribution in [0.25, 0.3) is 0 Å². The first-order valence-corrected chi connectivity index (χ1v) is 23.5. The second-order valence-electron chi connectivity index (χ2n) is 15.7. The van der Waals surface area contributed by atoms with Gasteiger partial charge in [-0.2, -0.15) is 0 Å². The molecule has 0 aliphatic carbocycles. The van der Waals surface area contributed by atoms with Gasteiger partial charge in [0, 0.05) is 12.8 Å². The predicted molar refractivity (Wildman–Crippen MR) is 233 cm³/mol. The molecule has 56 heavy (non-hydrogen) atoms. The van der Waals surface area contributed by atoms with Crippen LogP contribution in [0.5, 0.6) is 0 Å². The van der Waals surface area contributed by atoms with E-state index in [-0.39, 0.29) is 32.0 Å². The van der Waals surface area contributed by atoms with E-state index in [9.17, 15) is 19.0 Å². The second kappa shape index (κ2) is 38.2. The van der Waals surface area contributed by atoms with Crippen LogP contribution in [-0.2, 0) is 32.7 Å². The molecule has 0 radical (unpaired) electrons. The van der Waals surface area contributed by atoms with Crippen LogP contribution in [0.4, 0.5) is 0 Å². The monoisotopic (exact) mass is 809 g/mol. The summed E-state index contributed by atoms with van der Waals surface area (Å²) >= 11 is 0. The maximum Gasteiger partial charge on any atom is 0.472 e. The van der Waals surface area contributed by atoms with Crippen molar-refractivity contribution >= 4 is 19.8 Å². The van der Waals surface area contributed by atoms with Crippen molar-refractivity contribution in [2.24, 2.45) is 0 Å². The van der Waals surface area contributed by atoms with Gasteiger partial charge in [0.25, 0.3) is 0 Å². The van der Waals surface area contributed by atoms with Gasteiger partial charge in [0.05, 0.1) is 27.7 Å². The zero-order valence-corrected chi connectivity index (χ0v) is 37.2. The van der Waals surface area contributed by atoms with Crippen molar-refractivity contribution in [2.75, 3.05) is 47.5 Å². The summed E-state index contributed by atoms with van der Waals surface area (Å²) in [4.78, 5) is 35.3. The molecule has 0 rings (SSSR count). The van der Waals surface area contributed by atoms with Crippen molar-refractivity contribution in [2.45, 2.75) is 174 Å². The molecular formula is C46H83NO8P+. The number of phosphoric acid groups is 1. The molecule has 2 atom stereocenters. The van der Waals surface area contributed by atoms with E-state index < -0.39 is 26.5 Å². The fourth-order valence-corrected chi connectivity index (χ4v) is 6.33. The Morgan fingerprint density at radius 2 is 1.00 bits per heavy atom. The number of rotatable bonds is 39. The Kier molecular flexibility index (Phi) is 36.7. The van der Waals surface area contributed by atoms with Gasteiger partial charge in [-0.1, -0.05) is 164 Å². The summed E-state index contributed by atoms with van der Waals surface area (Å²) < 4.78 is 34.2. The molecular weight excluding hydrogens is 725 g/mol. The summed E-state index contributed by atoms with van der Waals surface area (Å²) in [6.07, 6.45) is 45.7. The second-order valence-corrected chi connectivity index (χ2v) is 17.2. The Hall–Kier alpha value is -2.29. The van der Waals surface area contributed by atoms with Crippen molar-refractivity contribution in [3.63, 3.8) is 0 Å². The number of phosphoric ester groups is 1. The summed E-state index contributed by atoms with van der Waals surface area (Å²) in [6, 6.07) is 0. The number of hydrogen-bond acceptors (Lipinski definition) is 7. The molecule has 0 aromatic rings. The van der Waals surface area contributed by atoms with Gasteiger partial charge in [-0.25, -0.2) is 4.57 Å². The zero-order chi connectivity index (χ0) is 41.4. The molecule has 1 unspecified atom stereocenters. The molecule has 0 aliphatic rings. The van der Waals surface area contributed by atoms with Crippen LogP contribution in [0.2, 0.25) is 0 Å². The van der Waals surface area contributed by atoms with Crippen molar-refractivity contribution in [3.8, 4) is 0 Å². The average Bonchev–Trinajstić information content (AvgIpc) is 3.15. The van der Waals surface area contributed by atoms with Gasteiger partial charge >= 0.3 is 19.8 Å². The first-order chi connectivity index (χ1) is 27.0. The molecule has 10 heteroatoms. The van der Waals surface area contributed by atoms with Crippen LogP contribution in [0.15, 0.2) is 60.8 Å². The molecule has 0 aliphatic heterocycles. The first-order valence-electron chi connectivity index (χ1n) is 22.0. The number of ether oxygens (including phenoxy) is 2. The van der Waals surface area contributed by atoms with Gasteiger partial charge in [0.2, 0.25) is 0 Å². The number of likely N-dealkylation sites (N-methyl/N-ethyl adjacent to an activating group) is 1. The van der Waals surface area contributed by atoms with E-state index in [1.54, 1.807) is 0 Å². The molecule has 0 heterocycles. The molecule has 0 bridgehead atoms. The molecule has 0 fully saturated rings. The van der Waals surface area contributed by atoms with Gasteiger partial charge in [-0.3, -0.25) is 18.6 Å². The zero-order valence-electron chi connectivity index (χ0n) is 36.3. The summed E-state index contributed by atoms with van der Waals surface area (Å²) in [5.41, 5.74) is 0. The number of quaternary nitrogens is 1. The molecule has 0 amide bonds. The topological polar surface area (TPSA) is 108 Å². The van der Waals surface area contributed by atoms with Crippen LogP contribution < -0.4 is 0 Å². The molecule has 0 saturated carbocycles. The van der Waals surface area contributed by atoms with Gasteiger partial charge in [0.1, 0.15) is 19.8 Å². The molecule has 324 valence electrons. The number of allylic oxidation sites excluding steroid dienone is 10. The van der Waals surface area contributed by atoms with E-state index in [2.05, 4.69) is 62.5 Å². The summed E-state index contributed by atoms with van der Waals surface area (Å²) in [6.45, 7) is 4.30. The number of carbonyl (C=O) groups excluding carboxylic acids is 2. The molecule has 0 aromatic carbocycles. The molecule has 1 N–H and O–H groups in total. The minimum atomic E-state index is -4.39. The third-order valence-electron chi connectivity index (χ3n) is 9.06. The third-order valence-corrected chi connectivity index (χ3v) is 10.0. The fraction of sp³-hybridized carbons (Fsp3) is 0.739. The quantitative estimate of drug-likeness (QED) is 0.0215. The lowest BCUT2D eigenvalue weighted by Gasteiger charge is -2.24. The maximum atomic E-state index is 12.6. The Morgan fingerprint density at radius 1 is 0.554 bits per heavy atom. The Labute approximate surface area is 343 Å². The summed E-state index contributed by atoms with van der Waals surface area (Å²) in [5, 5.41) is 0. The van der Waals surface area contributed by atoms with Crippen LogP contribution >= 0.6 is 7.82 Å². The van der Waals surface area contributed by atoms with Crippen molar-refractivity contribution in [3.05, 3.63) is 60.8 Å². The Bertz CT molecular complexity index is 1140. The maximum absolute atomic E-state index is 12.6. The number of nitrogens with zero attached hydrogens (tertiary/aromatic N) is 1. The first kappa shape index (κ1) is 53.7. The van der Waals surface area contributed by atoms with Gasteiger partial charge in [-0.05, 0) is 51.4 Å². The Morgan fingerprint density at radius 3 is 1.50 bits per heavy atom. The van der Waals surface area contributed by atoms with Crippen molar-refractivity contribution < 1.29 is 42.1 Å². The van der Waals surface area contributed by atoms with Crippen LogP contribution in [0, 0.1) is 0 Å². The SMILES string of the molecule is CCCCC/C=C\C/C=C\C/C=C\C/C=C\C/C=C\CCC(=O)O[C@H](COC(=O)CCCCCCCCCCCCCCC)COP(=O)(O)OCC[N+](C)(C)C. The van der Waals surface area contributed by atoms with Gasteiger partial charge in [0.15, 0.2) is 6.10 Å². The summed E-state index contributed by atoms with van der Waals surface area (Å²) in [7, 11) is 1.43. The third kappa shape index (κ3) is 41.3. The van der Waals surface area contributed by atoms with Crippen molar-refractivity contribution in [1.82, 2.24) is 0 Å². The van der Waals surface area contributed by atoms with Crippen LogP contribution in [0.3, 0.4) is 0 Å². The molecule has 0 spiro atoms. The van der Waals surface area contributed by atoms with E-state index in [0.29, 0.717) is 17.4 Å². The van der Waals surface area contributed by atoms with Crippen LogP contribution in [0.1, 0.15) is 168 Å². The number of hydrogen-bond donors (Lipinski definition) is 1. The molecule has 0 saturated heterocycles. The van der Waals surface area contributed by atoms with E-state index in [4.69, 9.17) is 18.5 Å². The smallest absolute Gasteiger partial charge is 0.462 e. The number of esters is 2. The van der Waals surface area contributed by atoms with E-state index in [1.165, 1.54) is 89.9 Å². The molecule has 9 nitrogen and oxygen atoms in total. The lowest BCUT2D eigenvalue weighted by molar-refractivity contribution is -0.870. The largest absolute Gasteiger partial charge is 0.472 e. The lowest BCUT2D eigenvalue weighted by Crippen LogP contribution is -2.37. The minimum absolute atomic E-state index is 0.0171. The Balaban J connectivity index is 4.50. The number of carbonyl (C=O) groups is 2. The summed E-state index contributed by atoms with van der Waals surface area (Å²) in [5.74, 6) is -0.896.